The van der Waals surface area contributed by atoms with Gasteiger partial charge >= 0.3 is 0 Å². The van der Waals surface area contributed by atoms with Crippen LogP contribution >= 0.6 is 11.6 Å². The smallest absolute Gasteiger partial charge is 0.256 e. The van der Waals surface area contributed by atoms with Gasteiger partial charge in [0, 0.05) is 18.9 Å². The first-order valence-corrected chi connectivity index (χ1v) is 8.48. The van der Waals surface area contributed by atoms with E-state index in [0.717, 1.165) is 18.5 Å². The van der Waals surface area contributed by atoms with Gasteiger partial charge in [-0.1, -0.05) is 17.7 Å². The van der Waals surface area contributed by atoms with Crippen LogP contribution in [-0.4, -0.2) is 33.4 Å². The molecule has 0 radical (unpaired) electrons. The third-order valence-electron chi connectivity index (χ3n) is 3.94. The minimum absolute atomic E-state index is 0.00376. The number of aromatic nitrogens is 2. The van der Waals surface area contributed by atoms with Crippen molar-refractivity contribution in [1.29, 1.82) is 0 Å². The topological polar surface area (TPSA) is 55.3 Å². The molecule has 24 heavy (non-hydrogen) atoms. The van der Waals surface area contributed by atoms with Gasteiger partial charge in [-0.3, -0.25) is 9.78 Å². The van der Waals surface area contributed by atoms with E-state index in [1.807, 2.05) is 36.9 Å². The molecule has 1 unspecified atom stereocenters. The Balaban J connectivity index is 1.82. The summed E-state index contributed by atoms with van der Waals surface area (Å²) in [6.45, 7) is 4.51. The van der Waals surface area contributed by atoms with E-state index in [1.54, 1.807) is 12.3 Å². The lowest BCUT2D eigenvalue weighted by molar-refractivity contribution is 0.0732. The first-order chi connectivity index (χ1) is 11.6. The Morgan fingerprint density at radius 3 is 2.88 bits per heavy atom. The standard InChI is InChI=1S/C18H20ClN3O2/c1-12(2)24-17-14(19)10-13(11-21-17)18(23)22-9-5-7-16(22)15-6-3-4-8-20-15/h3-4,6,8,10-12,16H,5,7,9H2,1-2H3. The van der Waals surface area contributed by atoms with Crippen molar-refractivity contribution in [1.82, 2.24) is 14.9 Å². The Labute approximate surface area is 146 Å². The van der Waals surface area contributed by atoms with Crippen molar-refractivity contribution in [2.24, 2.45) is 0 Å². The summed E-state index contributed by atoms with van der Waals surface area (Å²) < 4.78 is 5.52. The highest BCUT2D eigenvalue weighted by molar-refractivity contribution is 6.32. The maximum absolute atomic E-state index is 12.9. The summed E-state index contributed by atoms with van der Waals surface area (Å²) in [6.07, 6.45) is 5.14. The Bertz CT molecular complexity index is 721. The van der Waals surface area contributed by atoms with E-state index in [4.69, 9.17) is 16.3 Å². The molecule has 5 nitrogen and oxygen atoms in total. The molecule has 2 aromatic heterocycles. The summed E-state index contributed by atoms with van der Waals surface area (Å²) in [7, 11) is 0. The van der Waals surface area contributed by atoms with Gasteiger partial charge in [0.2, 0.25) is 5.88 Å². The molecule has 0 spiro atoms. The molecule has 0 N–H and O–H groups in total. The zero-order valence-corrected chi connectivity index (χ0v) is 14.5. The summed E-state index contributed by atoms with van der Waals surface area (Å²) in [6, 6.07) is 7.41. The number of carbonyl (C=O) groups is 1. The van der Waals surface area contributed by atoms with Crippen LogP contribution in [0, 0.1) is 0 Å². The van der Waals surface area contributed by atoms with E-state index in [9.17, 15) is 4.79 Å². The Morgan fingerprint density at radius 1 is 1.38 bits per heavy atom. The lowest BCUT2D eigenvalue weighted by atomic mass is 10.1. The number of rotatable bonds is 4. The first-order valence-electron chi connectivity index (χ1n) is 8.10. The normalized spacial score (nSPS) is 17.3. The van der Waals surface area contributed by atoms with Gasteiger partial charge in [0.1, 0.15) is 5.02 Å². The number of hydrogen-bond acceptors (Lipinski definition) is 4. The highest BCUT2D eigenvalue weighted by Gasteiger charge is 2.31. The van der Waals surface area contributed by atoms with Gasteiger partial charge in [-0.15, -0.1) is 0 Å². The molecule has 6 heteroatoms. The molecule has 0 aliphatic carbocycles. The van der Waals surface area contributed by atoms with Gasteiger partial charge < -0.3 is 9.64 Å². The number of hydrogen-bond donors (Lipinski definition) is 0. The van der Waals surface area contributed by atoms with Crippen LogP contribution in [0.15, 0.2) is 36.7 Å². The van der Waals surface area contributed by atoms with Crippen molar-refractivity contribution in [2.75, 3.05) is 6.54 Å². The third kappa shape index (κ3) is 3.51. The van der Waals surface area contributed by atoms with E-state index >= 15 is 0 Å². The summed E-state index contributed by atoms with van der Waals surface area (Å²) in [4.78, 5) is 23.3. The molecule has 1 fully saturated rings. The highest BCUT2D eigenvalue weighted by atomic mass is 35.5. The molecule has 3 rings (SSSR count). The van der Waals surface area contributed by atoms with Crippen LogP contribution in [0.2, 0.25) is 5.02 Å². The van der Waals surface area contributed by atoms with Crippen LogP contribution in [0.4, 0.5) is 0 Å². The average Bonchev–Trinajstić information content (AvgIpc) is 3.06. The number of likely N-dealkylation sites (tertiary alicyclic amines) is 1. The van der Waals surface area contributed by atoms with Crippen molar-refractivity contribution in [3.05, 3.63) is 52.9 Å². The minimum Gasteiger partial charge on any atom is -0.474 e. The second-order valence-corrected chi connectivity index (χ2v) is 6.50. The molecular weight excluding hydrogens is 326 g/mol. The molecule has 0 aromatic carbocycles. The third-order valence-corrected chi connectivity index (χ3v) is 4.22. The maximum atomic E-state index is 12.9. The number of amides is 1. The number of pyridine rings is 2. The molecule has 1 atom stereocenters. The van der Waals surface area contributed by atoms with Crippen LogP contribution in [0.1, 0.15) is 48.8 Å². The van der Waals surface area contributed by atoms with Gasteiger partial charge in [-0.05, 0) is 44.9 Å². The van der Waals surface area contributed by atoms with Gasteiger partial charge in [-0.25, -0.2) is 4.98 Å². The molecule has 1 aliphatic rings. The lowest BCUT2D eigenvalue weighted by Crippen LogP contribution is -2.31. The van der Waals surface area contributed by atoms with Crippen molar-refractivity contribution < 1.29 is 9.53 Å². The predicted molar refractivity (Wildman–Crippen MR) is 92.3 cm³/mol. The van der Waals surface area contributed by atoms with Crippen molar-refractivity contribution in [2.45, 2.75) is 38.8 Å². The van der Waals surface area contributed by atoms with Crippen molar-refractivity contribution in [3.8, 4) is 5.88 Å². The van der Waals surface area contributed by atoms with Crippen LogP contribution in [0.25, 0.3) is 0 Å². The van der Waals surface area contributed by atoms with Gasteiger partial charge in [0.25, 0.3) is 5.91 Å². The van der Waals surface area contributed by atoms with Gasteiger partial charge in [0.05, 0.1) is 23.4 Å². The zero-order chi connectivity index (χ0) is 17.1. The Morgan fingerprint density at radius 2 is 2.21 bits per heavy atom. The number of nitrogens with zero attached hydrogens (tertiary/aromatic N) is 3. The molecule has 1 amide bonds. The number of carbonyl (C=O) groups excluding carboxylic acids is 1. The Kier molecular flexibility index (Phi) is 5.00. The fourth-order valence-corrected chi connectivity index (χ4v) is 3.12. The number of halogens is 1. The van der Waals surface area contributed by atoms with Crippen molar-refractivity contribution in [3.63, 3.8) is 0 Å². The lowest BCUT2D eigenvalue weighted by Gasteiger charge is -2.24. The summed E-state index contributed by atoms with van der Waals surface area (Å²) in [5.41, 5.74) is 1.39. The van der Waals surface area contributed by atoms with Crippen LogP contribution < -0.4 is 4.74 Å². The second-order valence-electron chi connectivity index (χ2n) is 6.09. The van der Waals surface area contributed by atoms with E-state index in [2.05, 4.69) is 9.97 Å². The first kappa shape index (κ1) is 16.7. The molecule has 2 aromatic rings. The molecular formula is C18H20ClN3O2. The fraction of sp³-hybridized carbons (Fsp3) is 0.389. The molecule has 1 aliphatic heterocycles. The fourth-order valence-electron chi connectivity index (χ4n) is 2.91. The highest BCUT2D eigenvalue weighted by Crippen LogP contribution is 2.32. The second kappa shape index (κ2) is 7.18. The summed E-state index contributed by atoms with van der Waals surface area (Å²) in [5, 5.41) is 0.350. The summed E-state index contributed by atoms with van der Waals surface area (Å²) >= 11 is 6.21. The van der Waals surface area contributed by atoms with Crippen LogP contribution in [-0.2, 0) is 0 Å². The molecule has 126 valence electrons. The number of ether oxygens (including phenoxy) is 1. The largest absolute Gasteiger partial charge is 0.474 e. The van der Waals surface area contributed by atoms with E-state index in [1.165, 1.54) is 6.20 Å². The van der Waals surface area contributed by atoms with E-state index in [0.29, 0.717) is 23.0 Å². The Hall–Kier alpha value is -2.14. The van der Waals surface area contributed by atoms with Gasteiger partial charge in [0.15, 0.2) is 0 Å². The SMILES string of the molecule is CC(C)Oc1ncc(C(=O)N2CCCC2c2ccccn2)cc1Cl. The minimum atomic E-state index is -0.0753. The van der Waals surface area contributed by atoms with Gasteiger partial charge in [-0.2, -0.15) is 0 Å². The van der Waals surface area contributed by atoms with E-state index in [-0.39, 0.29) is 18.1 Å². The van der Waals surface area contributed by atoms with Crippen LogP contribution in [0.5, 0.6) is 5.88 Å². The quantitative estimate of drug-likeness (QED) is 0.843. The molecule has 0 bridgehead atoms. The molecule has 0 saturated carbocycles. The summed E-state index contributed by atoms with van der Waals surface area (Å²) in [5.74, 6) is 0.277. The molecule has 3 heterocycles. The van der Waals surface area contributed by atoms with Crippen LogP contribution in [0.3, 0.4) is 0 Å². The molecule has 1 saturated heterocycles. The predicted octanol–water partition coefficient (Wildman–Crippen LogP) is 3.89. The monoisotopic (exact) mass is 345 g/mol. The van der Waals surface area contributed by atoms with E-state index < -0.39 is 0 Å². The zero-order valence-electron chi connectivity index (χ0n) is 13.8. The maximum Gasteiger partial charge on any atom is 0.256 e. The average molecular weight is 346 g/mol. The van der Waals surface area contributed by atoms with Crippen molar-refractivity contribution >= 4 is 17.5 Å².